The number of nitrogens with zero attached hydrogens (tertiary/aromatic N) is 1. The van der Waals surface area contributed by atoms with Gasteiger partial charge in [0.25, 0.3) is 0 Å². The minimum Gasteiger partial charge on any atom is -0.392 e. The van der Waals surface area contributed by atoms with Crippen molar-refractivity contribution in [1.82, 2.24) is 10.2 Å². The molecule has 3 N–H and O–H groups in total. The largest absolute Gasteiger partial charge is 0.392 e. The van der Waals surface area contributed by atoms with E-state index < -0.39 is 6.29 Å². The first-order chi connectivity index (χ1) is 20.5. The molecule has 2 amide bonds. The number of benzene rings is 2. The zero-order valence-corrected chi connectivity index (χ0v) is 26.3. The molecule has 0 aromatic heterocycles. The summed E-state index contributed by atoms with van der Waals surface area (Å²) in [5, 5.41) is 15.7. The molecule has 7 atom stereocenters. The van der Waals surface area contributed by atoms with Crippen molar-refractivity contribution >= 4 is 17.5 Å². The molecule has 43 heavy (non-hydrogen) atoms. The van der Waals surface area contributed by atoms with Crippen LogP contribution in [0.1, 0.15) is 102 Å². The number of amides is 2. The first-order valence-electron chi connectivity index (χ1n) is 16.0. The lowest BCUT2D eigenvalue weighted by Crippen LogP contribution is -2.61. The summed E-state index contributed by atoms with van der Waals surface area (Å²) in [6.07, 6.45) is 5.73. The van der Waals surface area contributed by atoms with Gasteiger partial charge in [-0.2, -0.15) is 0 Å². The number of piperidine rings is 1. The lowest BCUT2D eigenvalue weighted by molar-refractivity contribution is -0.278. The molecule has 8 nitrogen and oxygen atoms in total. The summed E-state index contributed by atoms with van der Waals surface area (Å²) in [6, 6.07) is 15.7. The van der Waals surface area contributed by atoms with Crippen LogP contribution in [0.4, 0.5) is 5.69 Å². The van der Waals surface area contributed by atoms with Gasteiger partial charge in [0.05, 0.1) is 24.9 Å². The van der Waals surface area contributed by atoms with E-state index in [1.807, 2.05) is 69.3 Å². The van der Waals surface area contributed by atoms with E-state index in [-0.39, 0.29) is 48.1 Å². The van der Waals surface area contributed by atoms with Gasteiger partial charge in [0, 0.05) is 42.2 Å². The van der Waals surface area contributed by atoms with Crippen molar-refractivity contribution < 1.29 is 24.2 Å². The summed E-state index contributed by atoms with van der Waals surface area (Å²) in [7, 11) is 0. The van der Waals surface area contributed by atoms with Crippen LogP contribution in [0, 0.1) is 11.8 Å². The Hall–Kier alpha value is -2.78. The zero-order valence-electron chi connectivity index (χ0n) is 26.3. The zero-order chi connectivity index (χ0) is 30.7. The lowest BCUT2D eigenvalue weighted by atomic mass is 9.75. The maximum atomic E-state index is 13.7. The van der Waals surface area contributed by atoms with E-state index in [2.05, 4.69) is 22.5 Å². The minimum absolute atomic E-state index is 0.00804. The molecule has 234 valence electrons. The molecule has 0 radical (unpaired) electrons. The lowest BCUT2D eigenvalue weighted by Gasteiger charge is -2.51. The molecule has 0 bridgehead atoms. The molecule has 2 aromatic rings. The number of aliphatic hydroxyl groups excluding tert-OH is 1. The fourth-order valence-corrected chi connectivity index (χ4v) is 7.19. The molecule has 1 saturated carbocycles. The van der Waals surface area contributed by atoms with E-state index in [1.54, 1.807) is 0 Å². The molecule has 0 unspecified atom stereocenters. The van der Waals surface area contributed by atoms with Crippen LogP contribution < -0.4 is 10.6 Å². The topological polar surface area (TPSA) is 100 Å². The Labute approximate surface area is 256 Å². The molecule has 2 aliphatic heterocycles. The number of carbonyl (C=O) groups is 2. The summed E-state index contributed by atoms with van der Waals surface area (Å²) in [5.41, 5.74) is 3.19. The van der Waals surface area contributed by atoms with Gasteiger partial charge in [0.2, 0.25) is 11.8 Å². The predicted molar refractivity (Wildman–Crippen MR) is 167 cm³/mol. The number of rotatable bonds is 7. The van der Waals surface area contributed by atoms with Gasteiger partial charge in [-0.1, -0.05) is 56.2 Å². The van der Waals surface area contributed by atoms with Crippen LogP contribution in [0.5, 0.6) is 0 Å². The van der Waals surface area contributed by atoms with Crippen molar-refractivity contribution in [2.75, 3.05) is 11.9 Å². The van der Waals surface area contributed by atoms with Crippen LogP contribution in [-0.2, 0) is 25.7 Å². The van der Waals surface area contributed by atoms with E-state index >= 15 is 0 Å². The molecule has 3 fully saturated rings. The standard InChI is InChI=1S/C35H49N3O5/c1-22-31(20-38-29-9-7-6-8-25(29)16-19-30(38)33(41)37-35(3,4)5)42-34(27-14-17-28(18-15-27)36-23(2)40)43-32(22)26-12-10-24(21-39)11-13-26/h10-15,17-18,22,25,29-32,34,39H,6-9,16,19-21H2,1-5H3,(H,36,40)(H,37,41)/t22-,25+,29+,30+,31+,32+,34+/m0/s1. The number of nitrogens with one attached hydrogen (secondary N) is 2. The number of likely N-dealkylation sites (tertiary alicyclic amines) is 1. The molecular formula is C35H49N3O5. The number of fused-ring (bicyclic) bond motifs is 1. The Balaban J connectivity index is 1.45. The van der Waals surface area contributed by atoms with Crippen molar-refractivity contribution in [3.05, 3.63) is 65.2 Å². The minimum atomic E-state index is -0.608. The molecule has 3 aliphatic rings. The van der Waals surface area contributed by atoms with Crippen LogP contribution in [0.15, 0.2) is 48.5 Å². The van der Waals surface area contributed by atoms with Crippen molar-refractivity contribution in [3.8, 4) is 0 Å². The maximum absolute atomic E-state index is 13.7. The number of ether oxygens (including phenoxy) is 2. The van der Waals surface area contributed by atoms with Gasteiger partial charge in [0.15, 0.2) is 6.29 Å². The highest BCUT2D eigenvalue weighted by Gasteiger charge is 2.46. The monoisotopic (exact) mass is 591 g/mol. The molecule has 2 aromatic carbocycles. The van der Waals surface area contributed by atoms with Crippen LogP contribution in [0.2, 0.25) is 0 Å². The van der Waals surface area contributed by atoms with Gasteiger partial charge >= 0.3 is 0 Å². The molecule has 0 spiro atoms. The van der Waals surface area contributed by atoms with Crippen molar-refractivity contribution in [1.29, 1.82) is 0 Å². The summed E-state index contributed by atoms with van der Waals surface area (Å²) < 4.78 is 13.5. The van der Waals surface area contributed by atoms with Gasteiger partial charge in [-0.15, -0.1) is 0 Å². The van der Waals surface area contributed by atoms with Crippen LogP contribution in [0.3, 0.4) is 0 Å². The van der Waals surface area contributed by atoms with Crippen LogP contribution in [-0.4, -0.2) is 52.1 Å². The van der Waals surface area contributed by atoms with Crippen molar-refractivity contribution in [3.63, 3.8) is 0 Å². The summed E-state index contributed by atoms with van der Waals surface area (Å²) in [4.78, 5) is 27.7. The van der Waals surface area contributed by atoms with E-state index in [9.17, 15) is 14.7 Å². The third-order valence-corrected chi connectivity index (χ3v) is 9.32. The Morgan fingerprint density at radius 3 is 2.26 bits per heavy atom. The molecule has 2 saturated heterocycles. The second-order valence-corrected chi connectivity index (χ2v) is 13.8. The number of aliphatic hydroxyl groups is 1. The Kier molecular flexibility index (Phi) is 9.91. The Morgan fingerprint density at radius 2 is 1.60 bits per heavy atom. The molecular weight excluding hydrogens is 542 g/mol. The van der Waals surface area contributed by atoms with Crippen LogP contribution in [0.25, 0.3) is 0 Å². The highest BCUT2D eigenvalue weighted by Crippen LogP contribution is 2.44. The van der Waals surface area contributed by atoms with E-state index in [0.717, 1.165) is 41.6 Å². The third kappa shape index (κ3) is 7.66. The van der Waals surface area contributed by atoms with Gasteiger partial charge in [-0.3, -0.25) is 14.5 Å². The smallest absolute Gasteiger partial charge is 0.237 e. The van der Waals surface area contributed by atoms with E-state index in [4.69, 9.17) is 9.47 Å². The average Bonchev–Trinajstić information content (AvgIpc) is 2.97. The highest BCUT2D eigenvalue weighted by atomic mass is 16.7. The second-order valence-electron chi connectivity index (χ2n) is 13.8. The number of anilines is 1. The summed E-state index contributed by atoms with van der Waals surface area (Å²) >= 11 is 0. The number of hydrogen-bond donors (Lipinski definition) is 3. The number of carbonyl (C=O) groups excluding carboxylic acids is 2. The quantitative estimate of drug-likeness (QED) is 0.373. The second kappa shape index (κ2) is 13.5. The molecule has 2 heterocycles. The fraction of sp³-hybridized carbons (Fsp3) is 0.600. The van der Waals surface area contributed by atoms with E-state index in [0.29, 0.717) is 18.5 Å². The molecule has 5 rings (SSSR count). The maximum Gasteiger partial charge on any atom is 0.237 e. The summed E-state index contributed by atoms with van der Waals surface area (Å²) in [6.45, 7) is 10.4. The Morgan fingerprint density at radius 1 is 0.930 bits per heavy atom. The Bertz CT molecular complexity index is 1240. The van der Waals surface area contributed by atoms with Gasteiger partial charge in [0.1, 0.15) is 0 Å². The fourth-order valence-electron chi connectivity index (χ4n) is 7.19. The molecule has 8 heteroatoms. The first kappa shape index (κ1) is 31.6. The summed E-state index contributed by atoms with van der Waals surface area (Å²) in [5.74, 6) is 0.620. The number of hydrogen-bond acceptors (Lipinski definition) is 6. The van der Waals surface area contributed by atoms with E-state index in [1.165, 1.54) is 26.2 Å². The van der Waals surface area contributed by atoms with Gasteiger partial charge in [-0.25, -0.2) is 0 Å². The normalized spacial score (nSPS) is 29.9. The predicted octanol–water partition coefficient (Wildman–Crippen LogP) is 5.87. The SMILES string of the molecule is CC(=O)Nc1ccc([C@@H]2O[C@H](CN3[C@@H](C(=O)NC(C)(C)C)CC[C@H]4CCCC[C@H]43)[C@H](C)[C@H](c3ccc(CO)cc3)O2)cc1. The molecule has 1 aliphatic carbocycles. The van der Waals surface area contributed by atoms with Crippen LogP contribution >= 0.6 is 0 Å². The van der Waals surface area contributed by atoms with Crippen molar-refractivity contribution in [2.45, 2.75) is 116 Å². The average molecular weight is 592 g/mol. The van der Waals surface area contributed by atoms with Crippen molar-refractivity contribution in [2.24, 2.45) is 11.8 Å². The van der Waals surface area contributed by atoms with Gasteiger partial charge in [-0.05, 0) is 75.6 Å². The third-order valence-electron chi connectivity index (χ3n) is 9.32. The first-order valence-corrected chi connectivity index (χ1v) is 16.0. The van der Waals surface area contributed by atoms with Gasteiger partial charge < -0.3 is 25.2 Å². The highest BCUT2D eigenvalue weighted by molar-refractivity contribution is 5.88.